The number of benzene rings is 1. The van der Waals surface area contributed by atoms with E-state index in [0.717, 1.165) is 6.07 Å². The second-order valence-corrected chi connectivity index (χ2v) is 3.66. The zero-order valence-electron chi connectivity index (χ0n) is 10.3. The van der Waals surface area contributed by atoms with Crippen LogP contribution in [0.3, 0.4) is 0 Å². The molecule has 0 saturated carbocycles. The fourth-order valence-corrected chi connectivity index (χ4v) is 1.59. The van der Waals surface area contributed by atoms with Crippen LogP contribution in [0, 0.1) is 17.1 Å². The minimum atomic E-state index is -1.04. The van der Waals surface area contributed by atoms with Gasteiger partial charge in [-0.3, -0.25) is 4.79 Å². The first-order valence-corrected chi connectivity index (χ1v) is 5.38. The normalized spacial score (nSPS) is 11.7. The Balaban J connectivity index is 3.05. The van der Waals surface area contributed by atoms with Gasteiger partial charge in [-0.1, -0.05) is 0 Å². The van der Waals surface area contributed by atoms with Gasteiger partial charge in [-0.25, -0.2) is 4.39 Å². The van der Waals surface area contributed by atoms with Crippen LogP contribution in [0.2, 0.25) is 0 Å². The summed E-state index contributed by atoms with van der Waals surface area (Å²) in [4.78, 5) is 11.8. The van der Waals surface area contributed by atoms with Crippen molar-refractivity contribution in [3.63, 3.8) is 0 Å². The Hall–Kier alpha value is -1.93. The Kier molecular flexibility index (Phi) is 5.28. The Bertz CT molecular complexity index is 468. The molecule has 0 radical (unpaired) electrons. The number of ether oxygens (including phenoxy) is 2. The van der Waals surface area contributed by atoms with Crippen LogP contribution in [0.5, 0.6) is 5.75 Å². The Labute approximate surface area is 105 Å². The molecule has 1 aromatic rings. The molecule has 1 rings (SSSR count). The predicted molar refractivity (Wildman–Crippen MR) is 62.8 cm³/mol. The minimum Gasteiger partial charge on any atom is -0.496 e. The molecule has 0 aliphatic carbocycles. The van der Waals surface area contributed by atoms with Gasteiger partial charge in [-0.15, -0.1) is 0 Å². The summed E-state index contributed by atoms with van der Waals surface area (Å²) in [5.74, 6) is -1.53. The monoisotopic (exact) mass is 251 g/mol. The van der Waals surface area contributed by atoms with E-state index in [0.29, 0.717) is 5.75 Å². The molecule has 0 aliphatic rings. The summed E-state index contributed by atoms with van der Waals surface area (Å²) in [6.45, 7) is 0.231. The first kappa shape index (κ1) is 14.1. The smallest absolute Gasteiger partial charge is 0.156 e. The van der Waals surface area contributed by atoms with Gasteiger partial charge in [-0.2, -0.15) is 5.26 Å². The number of ketones is 1. The first-order chi connectivity index (χ1) is 8.63. The lowest BCUT2D eigenvalue weighted by Gasteiger charge is -2.12. The van der Waals surface area contributed by atoms with Gasteiger partial charge in [0.15, 0.2) is 5.78 Å². The van der Waals surface area contributed by atoms with E-state index in [9.17, 15) is 9.18 Å². The van der Waals surface area contributed by atoms with Crippen molar-refractivity contribution < 1.29 is 18.7 Å². The lowest BCUT2D eigenvalue weighted by Crippen LogP contribution is -2.14. The van der Waals surface area contributed by atoms with Crippen molar-refractivity contribution in [1.82, 2.24) is 0 Å². The summed E-state index contributed by atoms with van der Waals surface area (Å²) >= 11 is 0. The molecule has 18 heavy (non-hydrogen) atoms. The van der Waals surface area contributed by atoms with Crippen molar-refractivity contribution in [1.29, 1.82) is 5.26 Å². The summed E-state index contributed by atoms with van der Waals surface area (Å²) in [6.07, 6.45) is 0.106. The van der Waals surface area contributed by atoms with Gasteiger partial charge in [0.2, 0.25) is 0 Å². The molecule has 0 saturated heterocycles. The fourth-order valence-electron chi connectivity index (χ4n) is 1.59. The molecule has 0 fully saturated rings. The van der Waals surface area contributed by atoms with Crippen molar-refractivity contribution in [2.24, 2.45) is 0 Å². The van der Waals surface area contributed by atoms with E-state index in [4.69, 9.17) is 14.7 Å². The molecule has 1 atom stereocenters. The molecule has 5 heteroatoms. The van der Waals surface area contributed by atoms with E-state index >= 15 is 0 Å². The summed E-state index contributed by atoms with van der Waals surface area (Å²) in [7, 11) is 2.88. The molecule has 1 unspecified atom stereocenters. The lowest BCUT2D eigenvalue weighted by molar-refractivity contribution is -0.120. The predicted octanol–water partition coefficient (Wildman–Crippen LogP) is 2.05. The molecule has 0 N–H and O–H groups in total. The number of hydrogen-bond acceptors (Lipinski definition) is 4. The van der Waals surface area contributed by atoms with Crippen molar-refractivity contribution >= 4 is 5.78 Å². The van der Waals surface area contributed by atoms with Crippen LogP contribution in [-0.2, 0) is 9.53 Å². The maximum absolute atomic E-state index is 13.2. The van der Waals surface area contributed by atoms with Crippen molar-refractivity contribution in [3.05, 3.63) is 29.6 Å². The van der Waals surface area contributed by atoms with E-state index in [1.807, 2.05) is 6.07 Å². The number of hydrogen-bond donors (Lipinski definition) is 0. The zero-order chi connectivity index (χ0) is 13.5. The second-order valence-electron chi connectivity index (χ2n) is 3.66. The number of Topliss-reactive ketones (excluding diaryl/α,β-unsaturated/α-hetero) is 1. The summed E-state index contributed by atoms with van der Waals surface area (Å²) in [6, 6.07) is 5.65. The van der Waals surface area contributed by atoms with Gasteiger partial charge in [0.25, 0.3) is 0 Å². The highest BCUT2D eigenvalue weighted by atomic mass is 19.1. The highest BCUT2D eigenvalue weighted by Crippen LogP contribution is 2.28. The van der Waals surface area contributed by atoms with Crippen molar-refractivity contribution in [3.8, 4) is 11.8 Å². The summed E-state index contributed by atoms with van der Waals surface area (Å²) < 4.78 is 23.0. The average molecular weight is 251 g/mol. The number of nitriles is 1. The van der Waals surface area contributed by atoms with Gasteiger partial charge in [0.1, 0.15) is 17.5 Å². The lowest BCUT2D eigenvalue weighted by atomic mass is 9.93. The first-order valence-electron chi connectivity index (χ1n) is 5.38. The largest absolute Gasteiger partial charge is 0.496 e. The van der Waals surface area contributed by atoms with E-state index < -0.39 is 11.7 Å². The number of nitrogens with zero attached hydrogens (tertiary/aromatic N) is 1. The van der Waals surface area contributed by atoms with Crippen molar-refractivity contribution in [2.45, 2.75) is 12.3 Å². The molecule has 0 heterocycles. The molecule has 1 aromatic carbocycles. The maximum atomic E-state index is 13.2. The third-order valence-electron chi connectivity index (χ3n) is 2.51. The fraction of sp³-hybridized carbons (Fsp3) is 0.385. The van der Waals surface area contributed by atoms with Gasteiger partial charge < -0.3 is 9.47 Å². The molecular weight excluding hydrogens is 237 g/mol. The van der Waals surface area contributed by atoms with Gasteiger partial charge in [0.05, 0.1) is 19.8 Å². The minimum absolute atomic E-state index is 0.106. The Morgan fingerprint density at radius 3 is 2.78 bits per heavy atom. The number of halogens is 1. The Morgan fingerprint density at radius 1 is 1.50 bits per heavy atom. The van der Waals surface area contributed by atoms with Crippen molar-refractivity contribution in [2.75, 3.05) is 20.8 Å². The number of methoxy groups -OCH3 is 2. The zero-order valence-corrected chi connectivity index (χ0v) is 10.3. The maximum Gasteiger partial charge on any atom is 0.156 e. The number of carbonyl (C=O) groups is 1. The molecular formula is C13H14FNO3. The molecule has 96 valence electrons. The standard InChI is InChI=1S/C13H14FNO3/c1-17-6-5-12(16)11(8-15)10-7-9(14)3-4-13(10)18-2/h3-4,7,11H,5-6H2,1-2H3. The quantitative estimate of drug-likeness (QED) is 0.776. The number of carbonyl (C=O) groups excluding carboxylic acids is 1. The molecule has 4 nitrogen and oxygen atoms in total. The highest BCUT2D eigenvalue weighted by molar-refractivity contribution is 5.89. The van der Waals surface area contributed by atoms with Crippen LogP contribution in [0.4, 0.5) is 4.39 Å². The van der Waals surface area contributed by atoms with Gasteiger partial charge >= 0.3 is 0 Å². The van der Waals surface area contributed by atoms with E-state index in [1.54, 1.807) is 0 Å². The van der Waals surface area contributed by atoms with Crippen LogP contribution < -0.4 is 4.74 Å². The Morgan fingerprint density at radius 2 is 2.22 bits per heavy atom. The van der Waals surface area contributed by atoms with Gasteiger partial charge in [0, 0.05) is 19.1 Å². The third-order valence-corrected chi connectivity index (χ3v) is 2.51. The average Bonchev–Trinajstić information content (AvgIpc) is 2.37. The molecule has 0 aliphatic heterocycles. The van der Waals surface area contributed by atoms with E-state index in [1.165, 1.54) is 26.4 Å². The van der Waals surface area contributed by atoms with Crippen LogP contribution in [0.1, 0.15) is 17.9 Å². The topological polar surface area (TPSA) is 59.3 Å². The number of rotatable bonds is 6. The molecule has 0 spiro atoms. The van der Waals surface area contributed by atoms with Crippen LogP contribution >= 0.6 is 0 Å². The SMILES string of the molecule is COCCC(=O)C(C#N)c1cc(F)ccc1OC. The van der Waals surface area contributed by atoms with Crippen LogP contribution in [-0.4, -0.2) is 26.6 Å². The molecule has 0 amide bonds. The van der Waals surface area contributed by atoms with Crippen LogP contribution in [0.15, 0.2) is 18.2 Å². The molecule has 0 bridgehead atoms. The summed E-state index contributed by atoms with van der Waals surface area (Å²) in [5, 5.41) is 9.07. The van der Waals surface area contributed by atoms with E-state index in [-0.39, 0.29) is 24.4 Å². The molecule has 0 aromatic heterocycles. The second kappa shape index (κ2) is 6.72. The highest BCUT2D eigenvalue weighted by Gasteiger charge is 2.23. The van der Waals surface area contributed by atoms with E-state index in [2.05, 4.69) is 0 Å². The summed E-state index contributed by atoms with van der Waals surface area (Å²) in [5.41, 5.74) is 0.251. The third kappa shape index (κ3) is 3.28. The van der Waals surface area contributed by atoms with Crippen LogP contribution in [0.25, 0.3) is 0 Å². The van der Waals surface area contributed by atoms with Gasteiger partial charge in [-0.05, 0) is 18.2 Å².